The van der Waals surface area contributed by atoms with Crippen molar-refractivity contribution in [2.24, 2.45) is 0 Å². The zero-order valence-electron chi connectivity index (χ0n) is 4.31. The molecule has 1 atom stereocenters. The van der Waals surface area contributed by atoms with Gasteiger partial charge in [0.05, 0.1) is 13.2 Å². The number of hydrogen-bond donors (Lipinski definition) is 0. The van der Waals surface area contributed by atoms with Gasteiger partial charge < -0.3 is 4.74 Å². The van der Waals surface area contributed by atoms with E-state index in [1.54, 1.807) is 0 Å². The molecule has 48 valence electrons. The van der Waals surface area contributed by atoms with Gasteiger partial charge >= 0.3 is 0 Å². The molecular weight excluding hydrogens is 133 g/mol. The van der Waals surface area contributed by atoms with Gasteiger partial charge in [0.25, 0.3) is 0 Å². The highest BCUT2D eigenvalue weighted by Crippen LogP contribution is 2.09. The lowest BCUT2D eigenvalue weighted by atomic mass is 10.5. The van der Waals surface area contributed by atoms with Crippen LogP contribution in [-0.2, 0) is 4.74 Å². The number of alkyl halides is 1. The highest BCUT2D eigenvalue weighted by Gasteiger charge is 2.19. The van der Waals surface area contributed by atoms with Crippen LogP contribution in [0.15, 0.2) is 0 Å². The largest absolute Gasteiger partial charge is 0.376 e. The van der Waals surface area contributed by atoms with E-state index in [-0.39, 0.29) is 6.61 Å². The lowest BCUT2D eigenvalue weighted by molar-refractivity contribution is -0.0209. The van der Waals surface area contributed by atoms with E-state index < -0.39 is 6.30 Å². The van der Waals surface area contributed by atoms with Crippen LogP contribution in [0.5, 0.6) is 0 Å². The van der Waals surface area contributed by atoms with Gasteiger partial charge in [-0.25, -0.2) is 4.39 Å². The van der Waals surface area contributed by atoms with Crippen molar-refractivity contribution >= 4 is 11.8 Å². The summed E-state index contributed by atoms with van der Waals surface area (Å²) in [5, 5.41) is 0. The topological polar surface area (TPSA) is 12.5 Å². The van der Waals surface area contributed by atoms with Gasteiger partial charge in [-0.1, -0.05) is 0 Å². The predicted molar refractivity (Wildman–Crippen MR) is 28.3 cm³/mol. The summed E-state index contributed by atoms with van der Waals surface area (Å²) in [7, 11) is 0. The van der Waals surface area contributed by atoms with Crippen LogP contribution in [-0.4, -0.2) is 30.5 Å². The first-order chi connectivity index (χ1) is 3.80. The van der Waals surface area contributed by atoms with Crippen molar-refractivity contribution in [1.29, 1.82) is 0 Å². The molecule has 0 saturated carbocycles. The van der Waals surface area contributed by atoms with Crippen molar-refractivity contribution in [2.45, 2.75) is 6.30 Å². The van der Waals surface area contributed by atoms with E-state index in [0.717, 1.165) is 4.42 Å². The smallest absolute Gasteiger partial charge is 0.190 e. The minimum atomic E-state index is -1.12. The van der Waals surface area contributed by atoms with E-state index in [2.05, 4.69) is 0 Å². The summed E-state index contributed by atoms with van der Waals surface area (Å²) in [6.07, 6.45) is -1.12. The van der Waals surface area contributed by atoms with E-state index in [1.165, 1.54) is 0 Å². The molecule has 0 aliphatic carbocycles. The van der Waals surface area contributed by atoms with Crippen LogP contribution in [0, 0.1) is 0 Å². The van der Waals surface area contributed by atoms with Gasteiger partial charge in [0.2, 0.25) is 0 Å². The van der Waals surface area contributed by atoms with E-state index in [4.69, 9.17) is 16.5 Å². The minimum absolute atomic E-state index is 0.101. The quantitative estimate of drug-likeness (QED) is 0.363. The lowest BCUT2D eigenvalue weighted by Crippen LogP contribution is -2.36. The van der Waals surface area contributed by atoms with Crippen LogP contribution in [0.1, 0.15) is 0 Å². The standard InChI is InChI=1S/C4H7ClFNO/c5-7-1-2-8-3-4(7)6/h4H,1-3H2. The first-order valence-electron chi connectivity index (χ1n) is 2.45. The third kappa shape index (κ3) is 1.31. The van der Waals surface area contributed by atoms with Crippen LogP contribution in [0.2, 0.25) is 0 Å². The second-order valence-corrected chi connectivity index (χ2v) is 2.07. The summed E-state index contributed by atoms with van der Waals surface area (Å²) in [5.41, 5.74) is 0. The maximum absolute atomic E-state index is 12.2. The fourth-order valence-electron chi connectivity index (χ4n) is 0.553. The molecule has 0 aromatic heterocycles. The Labute approximate surface area is 52.3 Å². The van der Waals surface area contributed by atoms with Crippen molar-refractivity contribution in [3.8, 4) is 0 Å². The Morgan fingerprint density at radius 2 is 2.50 bits per heavy atom. The molecule has 0 aromatic carbocycles. The summed E-state index contributed by atoms with van der Waals surface area (Å²) in [5.74, 6) is 0. The molecule has 2 nitrogen and oxygen atoms in total. The van der Waals surface area contributed by atoms with Gasteiger partial charge in [-0.3, -0.25) is 0 Å². The molecule has 1 saturated heterocycles. The predicted octanol–water partition coefficient (Wildman–Crippen LogP) is 0.768. The summed E-state index contributed by atoms with van der Waals surface area (Å²) in [6, 6.07) is 0. The lowest BCUT2D eigenvalue weighted by Gasteiger charge is -2.23. The van der Waals surface area contributed by atoms with Crippen molar-refractivity contribution in [3.63, 3.8) is 0 Å². The average molecular weight is 140 g/mol. The Kier molecular flexibility index (Phi) is 2.05. The second kappa shape index (κ2) is 2.62. The Morgan fingerprint density at radius 3 is 2.88 bits per heavy atom. The zero-order chi connectivity index (χ0) is 5.98. The molecule has 0 amide bonds. The Hall–Kier alpha value is 0.140. The first-order valence-corrected chi connectivity index (χ1v) is 2.79. The molecule has 1 fully saturated rings. The molecule has 1 rings (SSSR count). The maximum atomic E-state index is 12.2. The maximum Gasteiger partial charge on any atom is 0.190 e. The normalized spacial score (nSPS) is 33.0. The van der Waals surface area contributed by atoms with Gasteiger partial charge in [-0.15, -0.1) is 0 Å². The van der Waals surface area contributed by atoms with Crippen molar-refractivity contribution < 1.29 is 9.13 Å². The third-order valence-electron chi connectivity index (χ3n) is 1.01. The molecule has 0 aromatic rings. The van der Waals surface area contributed by atoms with Crippen LogP contribution in [0.25, 0.3) is 0 Å². The van der Waals surface area contributed by atoms with E-state index in [0.29, 0.717) is 13.2 Å². The van der Waals surface area contributed by atoms with E-state index >= 15 is 0 Å². The van der Waals surface area contributed by atoms with E-state index in [9.17, 15) is 4.39 Å². The van der Waals surface area contributed by atoms with Crippen molar-refractivity contribution in [2.75, 3.05) is 19.8 Å². The molecule has 8 heavy (non-hydrogen) atoms. The molecular formula is C4H7ClFNO. The van der Waals surface area contributed by atoms with Gasteiger partial charge in [0.1, 0.15) is 0 Å². The molecule has 0 N–H and O–H groups in total. The van der Waals surface area contributed by atoms with Crippen molar-refractivity contribution in [1.82, 2.24) is 4.42 Å². The number of morpholine rings is 1. The summed E-state index contributed by atoms with van der Waals surface area (Å²) >= 11 is 5.35. The number of halogens is 2. The molecule has 1 heterocycles. The Morgan fingerprint density at radius 1 is 1.75 bits per heavy atom. The number of rotatable bonds is 0. The first kappa shape index (κ1) is 6.26. The summed E-state index contributed by atoms with van der Waals surface area (Å²) in [6.45, 7) is 1.11. The molecule has 4 heteroatoms. The van der Waals surface area contributed by atoms with Crippen LogP contribution in [0.3, 0.4) is 0 Å². The molecule has 1 unspecified atom stereocenters. The minimum Gasteiger partial charge on any atom is -0.376 e. The number of nitrogens with zero attached hydrogens (tertiary/aromatic N) is 1. The number of ether oxygens (including phenoxy) is 1. The highest BCUT2D eigenvalue weighted by molar-refractivity contribution is 6.13. The van der Waals surface area contributed by atoms with Crippen LogP contribution >= 0.6 is 11.8 Å². The molecule has 0 spiro atoms. The fourth-order valence-corrected chi connectivity index (χ4v) is 0.679. The fraction of sp³-hybridized carbons (Fsp3) is 1.00. The van der Waals surface area contributed by atoms with Gasteiger partial charge in [-0.05, 0) is 11.8 Å². The zero-order valence-corrected chi connectivity index (χ0v) is 5.07. The Balaban J connectivity index is 2.28. The summed E-state index contributed by atoms with van der Waals surface area (Å²) < 4.78 is 18.1. The average Bonchev–Trinajstić information content (AvgIpc) is 1.77. The third-order valence-corrected chi connectivity index (χ3v) is 1.39. The van der Waals surface area contributed by atoms with Gasteiger partial charge in [0, 0.05) is 6.54 Å². The molecule has 1 aliphatic heterocycles. The summed E-state index contributed by atoms with van der Waals surface area (Å²) in [4.78, 5) is 0. The molecule has 0 bridgehead atoms. The van der Waals surface area contributed by atoms with Crippen LogP contribution < -0.4 is 0 Å². The second-order valence-electron chi connectivity index (χ2n) is 1.63. The monoisotopic (exact) mass is 139 g/mol. The molecule has 0 radical (unpaired) electrons. The van der Waals surface area contributed by atoms with Gasteiger partial charge in [0.15, 0.2) is 6.30 Å². The molecule has 1 aliphatic rings. The van der Waals surface area contributed by atoms with Crippen molar-refractivity contribution in [3.05, 3.63) is 0 Å². The SMILES string of the molecule is FC1COCCN1Cl. The number of hydrogen-bond acceptors (Lipinski definition) is 2. The van der Waals surface area contributed by atoms with Gasteiger partial charge in [-0.2, -0.15) is 4.42 Å². The highest BCUT2D eigenvalue weighted by atomic mass is 35.5. The van der Waals surface area contributed by atoms with Crippen LogP contribution in [0.4, 0.5) is 4.39 Å². The van der Waals surface area contributed by atoms with E-state index in [1.807, 2.05) is 0 Å². The Bertz CT molecular complexity index is 72.4.